The van der Waals surface area contributed by atoms with Gasteiger partial charge in [0.25, 0.3) is 0 Å². The maximum absolute atomic E-state index is 12.6. The second kappa shape index (κ2) is 12.2. The number of carbonyl (C=O) groups excluding carboxylic acids is 1. The summed E-state index contributed by atoms with van der Waals surface area (Å²) < 4.78 is 34.2. The van der Waals surface area contributed by atoms with Crippen LogP contribution in [-0.4, -0.2) is 45.9 Å². The molecule has 0 fully saturated rings. The van der Waals surface area contributed by atoms with Gasteiger partial charge in [0.15, 0.2) is 0 Å². The second-order valence-electron chi connectivity index (χ2n) is 7.75. The molecular formula is C21H30N3O5PS. The van der Waals surface area contributed by atoms with E-state index in [2.05, 4.69) is 19.3 Å². The monoisotopic (exact) mass is 467 g/mol. The van der Waals surface area contributed by atoms with E-state index in [1.54, 1.807) is 32.1 Å². The number of hydrogen-bond donors (Lipinski definition) is 4. The summed E-state index contributed by atoms with van der Waals surface area (Å²) in [6, 6.07) is 9.25. The van der Waals surface area contributed by atoms with Crippen molar-refractivity contribution in [2.75, 3.05) is 19.8 Å². The summed E-state index contributed by atoms with van der Waals surface area (Å²) in [5.74, 6) is -0.278. The van der Waals surface area contributed by atoms with Gasteiger partial charge in [0.1, 0.15) is 12.4 Å². The first-order chi connectivity index (χ1) is 14.7. The van der Waals surface area contributed by atoms with E-state index < -0.39 is 28.6 Å². The molecule has 2 rings (SSSR count). The molecule has 0 spiro atoms. The molecule has 0 heterocycles. The fourth-order valence-corrected chi connectivity index (χ4v) is 3.76. The number of amides is 1. The van der Waals surface area contributed by atoms with Crippen LogP contribution in [0.25, 0.3) is 0 Å². The minimum absolute atomic E-state index is 0.0900. The molecular weight excluding hydrogens is 437 g/mol. The summed E-state index contributed by atoms with van der Waals surface area (Å²) in [7, 11) is 2.29. The average molecular weight is 468 g/mol. The van der Waals surface area contributed by atoms with Crippen molar-refractivity contribution in [2.24, 2.45) is 11.3 Å². The molecule has 1 aliphatic rings. The van der Waals surface area contributed by atoms with Crippen molar-refractivity contribution < 1.29 is 23.0 Å². The van der Waals surface area contributed by atoms with Gasteiger partial charge >= 0.3 is 0 Å². The van der Waals surface area contributed by atoms with Crippen LogP contribution < -0.4 is 10.0 Å². The molecule has 31 heavy (non-hydrogen) atoms. The summed E-state index contributed by atoms with van der Waals surface area (Å²) in [4.78, 5) is 12.6. The van der Waals surface area contributed by atoms with Gasteiger partial charge < -0.3 is 20.2 Å². The fourth-order valence-electron chi connectivity index (χ4n) is 2.94. The Morgan fingerprint density at radius 3 is 2.68 bits per heavy atom. The maximum Gasteiger partial charge on any atom is 0.232 e. The predicted molar refractivity (Wildman–Crippen MR) is 125 cm³/mol. The van der Waals surface area contributed by atoms with Gasteiger partial charge in [0.05, 0.1) is 30.6 Å². The lowest BCUT2D eigenvalue weighted by atomic mass is 9.92. The highest BCUT2D eigenvalue weighted by Crippen LogP contribution is 2.28. The minimum atomic E-state index is -2.23. The standard InChI is InChI=1S/C21H30N3O5PS/c1-21(2,20(25)23-11-12-28-13-15-7-4-3-5-8-15)14-29-17-10-6-9-16(24-31(26)27)18(17)19(22)30/h3-10,16,18,22,24H,11-14,30H2,1-2H3,(H,23,25)(H,26,27). The van der Waals surface area contributed by atoms with Crippen molar-refractivity contribution in [3.8, 4) is 0 Å². The molecule has 0 bridgehead atoms. The van der Waals surface area contributed by atoms with Crippen LogP contribution in [0.1, 0.15) is 19.4 Å². The third kappa shape index (κ3) is 8.27. The molecule has 4 atom stereocenters. The summed E-state index contributed by atoms with van der Waals surface area (Å²) in [6.07, 6.45) is 5.09. The van der Waals surface area contributed by atoms with Gasteiger partial charge in [-0.2, -0.15) is 0 Å². The van der Waals surface area contributed by atoms with Gasteiger partial charge in [0, 0.05) is 12.0 Å². The average Bonchev–Trinajstić information content (AvgIpc) is 2.72. The molecule has 1 aromatic carbocycles. The van der Waals surface area contributed by atoms with E-state index in [9.17, 15) is 9.00 Å². The van der Waals surface area contributed by atoms with Crippen molar-refractivity contribution >= 4 is 31.9 Å². The molecule has 170 valence electrons. The lowest BCUT2D eigenvalue weighted by molar-refractivity contribution is -0.132. The zero-order chi connectivity index (χ0) is 22.9. The molecule has 1 aromatic rings. The Morgan fingerprint density at radius 1 is 1.32 bits per heavy atom. The quantitative estimate of drug-likeness (QED) is 0.163. The Hall–Kier alpha value is -1.90. The second-order valence-corrected chi connectivity index (χ2v) is 9.10. The molecule has 8 nitrogen and oxygen atoms in total. The van der Waals surface area contributed by atoms with Crippen LogP contribution in [0, 0.1) is 16.7 Å². The highest BCUT2D eigenvalue weighted by molar-refractivity contribution is 7.77. The summed E-state index contributed by atoms with van der Waals surface area (Å²) in [5, 5.41) is 10.9. The van der Waals surface area contributed by atoms with E-state index in [0.717, 1.165) is 5.56 Å². The predicted octanol–water partition coefficient (Wildman–Crippen LogP) is 2.38. The van der Waals surface area contributed by atoms with Crippen molar-refractivity contribution in [1.82, 2.24) is 10.0 Å². The van der Waals surface area contributed by atoms with Crippen LogP contribution >= 0.6 is 9.24 Å². The van der Waals surface area contributed by atoms with Crippen molar-refractivity contribution in [1.29, 1.82) is 5.41 Å². The number of nitrogens with one attached hydrogen (secondary N) is 3. The number of rotatable bonds is 12. The van der Waals surface area contributed by atoms with Gasteiger partial charge in [-0.25, -0.2) is 8.93 Å². The highest BCUT2D eigenvalue weighted by Gasteiger charge is 2.33. The fraction of sp³-hybridized carbons (Fsp3) is 0.429. The van der Waals surface area contributed by atoms with Gasteiger partial charge in [-0.3, -0.25) is 9.35 Å². The third-order valence-electron chi connectivity index (χ3n) is 4.67. The van der Waals surface area contributed by atoms with Gasteiger partial charge in [-0.1, -0.05) is 51.7 Å². The number of allylic oxidation sites excluding steroid dienone is 2. The molecule has 10 heteroatoms. The Kier molecular flexibility index (Phi) is 9.99. The summed E-state index contributed by atoms with van der Waals surface area (Å²) in [6.45, 7) is 4.89. The van der Waals surface area contributed by atoms with Crippen molar-refractivity contribution in [2.45, 2.75) is 26.5 Å². The lowest BCUT2D eigenvalue weighted by Gasteiger charge is -2.31. The molecule has 0 saturated heterocycles. The molecule has 0 aliphatic heterocycles. The first-order valence-corrected chi connectivity index (χ1v) is 11.5. The van der Waals surface area contributed by atoms with Gasteiger partial charge in [-0.05, 0) is 25.5 Å². The number of ether oxygens (including phenoxy) is 2. The largest absolute Gasteiger partial charge is 0.496 e. The molecule has 0 saturated carbocycles. The summed E-state index contributed by atoms with van der Waals surface area (Å²) in [5.41, 5.74) is 0.457. The number of carbonyl (C=O) groups is 1. The van der Waals surface area contributed by atoms with Crippen molar-refractivity contribution in [3.05, 3.63) is 59.9 Å². The van der Waals surface area contributed by atoms with E-state index >= 15 is 0 Å². The number of benzene rings is 1. The van der Waals surface area contributed by atoms with Crippen LogP contribution in [0.15, 0.2) is 54.3 Å². The normalized spacial score (nSPS) is 19.4. The molecule has 0 aromatic heterocycles. The van der Waals surface area contributed by atoms with Crippen LogP contribution in [0.5, 0.6) is 0 Å². The smallest absolute Gasteiger partial charge is 0.232 e. The van der Waals surface area contributed by atoms with Gasteiger partial charge in [0.2, 0.25) is 17.2 Å². The molecule has 4 unspecified atom stereocenters. The summed E-state index contributed by atoms with van der Waals surface area (Å²) >= 11 is -2.23. The minimum Gasteiger partial charge on any atom is -0.496 e. The Balaban J connectivity index is 1.81. The van der Waals surface area contributed by atoms with E-state index in [-0.39, 0.29) is 18.0 Å². The molecule has 1 amide bonds. The lowest BCUT2D eigenvalue weighted by Crippen LogP contribution is -2.43. The van der Waals surface area contributed by atoms with Crippen LogP contribution in [0.2, 0.25) is 0 Å². The Bertz CT molecular complexity index is 845. The van der Waals surface area contributed by atoms with Crippen LogP contribution in [-0.2, 0) is 32.1 Å². The van der Waals surface area contributed by atoms with E-state index in [4.69, 9.17) is 19.4 Å². The Labute approximate surface area is 188 Å². The third-order valence-corrected chi connectivity index (χ3v) is 5.51. The number of hydrogen-bond acceptors (Lipinski definition) is 5. The zero-order valence-corrected chi connectivity index (χ0v) is 19.6. The van der Waals surface area contributed by atoms with Crippen LogP contribution in [0.4, 0.5) is 0 Å². The topological polar surface area (TPSA) is 121 Å². The van der Waals surface area contributed by atoms with Crippen LogP contribution in [0.3, 0.4) is 0 Å². The first kappa shape index (κ1) is 25.4. The van der Waals surface area contributed by atoms with Gasteiger partial charge in [-0.15, -0.1) is 0 Å². The molecule has 4 N–H and O–H groups in total. The van der Waals surface area contributed by atoms with E-state index in [1.165, 1.54) is 0 Å². The van der Waals surface area contributed by atoms with E-state index in [0.29, 0.717) is 25.5 Å². The SMILES string of the molecule is CC(C)(COC1=CC=CC(NS(=O)O)C1C(=N)P)C(=O)NCCOCc1ccccc1. The highest BCUT2D eigenvalue weighted by atomic mass is 32.2. The zero-order valence-electron chi connectivity index (χ0n) is 17.7. The maximum atomic E-state index is 12.6. The Morgan fingerprint density at radius 2 is 2.03 bits per heavy atom. The molecule has 0 radical (unpaired) electrons. The molecule has 1 aliphatic carbocycles. The van der Waals surface area contributed by atoms with Crippen molar-refractivity contribution in [3.63, 3.8) is 0 Å². The van der Waals surface area contributed by atoms with E-state index in [1.807, 2.05) is 30.3 Å². The first-order valence-electron chi connectivity index (χ1n) is 9.83.